The molecular formula is C19H23NO3S2. The Hall–Kier alpha value is -1.76. The van der Waals surface area contributed by atoms with Gasteiger partial charge in [0.1, 0.15) is 0 Å². The van der Waals surface area contributed by atoms with E-state index in [2.05, 4.69) is 3.77 Å². The van der Waals surface area contributed by atoms with E-state index < -0.39 is 20.7 Å². The van der Waals surface area contributed by atoms with Crippen LogP contribution < -0.4 is 0 Å². The number of ether oxygens (including phenoxy) is 1. The maximum absolute atomic E-state index is 12.7. The summed E-state index contributed by atoms with van der Waals surface area (Å²) in [5, 5.41) is 0. The highest BCUT2D eigenvalue weighted by Gasteiger charge is 2.14. The summed E-state index contributed by atoms with van der Waals surface area (Å²) < 4.78 is 35.0. The summed E-state index contributed by atoms with van der Waals surface area (Å²) in [7, 11) is -4.48. The van der Waals surface area contributed by atoms with Crippen LogP contribution in [0.5, 0.6) is 0 Å². The molecule has 0 aliphatic carbocycles. The second kappa shape index (κ2) is 9.65. The summed E-state index contributed by atoms with van der Waals surface area (Å²) in [6.45, 7) is 4.83. The Balaban J connectivity index is 2.27. The summed E-state index contributed by atoms with van der Waals surface area (Å²) in [5.74, 6) is 0.534. The average molecular weight is 378 g/mol. The number of hydrogen-bond acceptors (Lipinski definition) is 3. The van der Waals surface area contributed by atoms with Gasteiger partial charge in [-0.2, -0.15) is 8.42 Å². The van der Waals surface area contributed by atoms with Crippen molar-refractivity contribution in [3.05, 3.63) is 72.3 Å². The molecule has 2 rings (SSSR count). The van der Waals surface area contributed by atoms with Gasteiger partial charge < -0.3 is 4.74 Å². The fourth-order valence-electron chi connectivity index (χ4n) is 2.03. The van der Waals surface area contributed by atoms with Crippen LogP contribution in [0.4, 0.5) is 0 Å². The van der Waals surface area contributed by atoms with Crippen molar-refractivity contribution < 1.29 is 13.2 Å². The molecule has 0 spiro atoms. The molecule has 6 heteroatoms. The molecule has 0 N–H and O–H groups in total. The van der Waals surface area contributed by atoms with Gasteiger partial charge >= 0.3 is 0 Å². The topological polar surface area (TPSA) is 55.7 Å². The second-order valence-electron chi connectivity index (χ2n) is 5.39. The highest BCUT2D eigenvalue weighted by Crippen LogP contribution is 2.18. The predicted octanol–water partition coefficient (Wildman–Crippen LogP) is 4.14. The van der Waals surface area contributed by atoms with Crippen molar-refractivity contribution in [2.45, 2.75) is 23.6 Å². The van der Waals surface area contributed by atoms with E-state index in [9.17, 15) is 8.42 Å². The number of nitrogens with zero attached hydrogens (tertiary/aromatic N) is 1. The number of hydrogen-bond donors (Lipinski definition) is 0. The van der Waals surface area contributed by atoms with Crippen LogP contribution in [0.15, 0.2) is 80.3 Å². The minimum atomic E-state index is -3.70. The molecule has 25 heavy (non-hydrogen) atoms. The third kappa shape index (κ3) is 6.23. The minimum Gasteiger partial charge on any atom is -0.376 e. The molecule has 0 radical (unpaired) electrons. The highest BCUT2D eigenvalue weighted by atomic mass is 32.3. The van der Waals surface area contributed by atoms with Gasteiger partial charge in [0.2, 0.25) is 0 Å². The van der Waals surface area contributed by atoms with Gasteiger partial charge in [0, 0.05) is 10.6 Å². The van der Waals surface area contributed by atoms with Crippen LogP contribution in [-0.2, 0) is 25.5 Å². The Kier molecular flexibility index (Phi) is 7.55. The molecule has 0 heterocycles. The smallest absolute Gasteiger partial charge is 0.288 e. The Morgan fingerprint density at radius 2 is 1.76 bits per heavy atom. The number of aryl methyl sites for hydroxylation is 1. The molecule has 0 saturated carbocycles. The van der Waals surface area contributed by atoms with Crippen LogP contribution in [0.2, 0.25) is 0 Å². The van der Waals surface area contributed by atoms with E-state index in [-0.39, 0.29) is 4.90 Å². The third-order valence-electron chi connectivity index (χ3n) is 3.39. The third-order valence-corrected chi connectivity index (χ3v) is 7.14. The Bertz CT molecular complexity index is 827. The number of rotatable bonds is 8. The van der Waals surface area contributed by atoms with Crippen LogP contribution in [-0.4, -0.2) is 27.4 Å². The number of allylic oxidation sites excluding steroid dienone is 1. The first-order valence-electron chi connectivity index (χ1n) is 8.02. The van der Waals surface area contributed by atoms with Gasteiger partial charge in [-0.3, -0.25) is 0 Å². The Labute approximate surface area is 152 Å². The summed E-state index contributed by atoms with van der Waals surface area (Å²) in [4.78, 5) is 1.12. The SMILES string of the molecule is C/C=C/COCC/S(=N/S(=O)(=O)c1ccc(C)cc1)c1ccccc1. The molecule has 0 bridgehead atoms. The predicted molar refractivity (Wildman–Crippen MR) is 103 cm³/mol. The van der Waals surface area contributed by atoms with Crippen LogP contribution >= 0.6 is 0 Å². The van der Waals surface area contributed by atoms with Gasteiger partial charge in [0.05, 0.1) is 18.1 Å². The lowest BCUT2D eigenvalue weighted by atomic mass is 10.2. The quantitative estimate of drug-likeness (QED) is 0.513. The molecular weight excluding hydrogens is 354 g/mol. The van der Waals surface area contributed by atoms with E-state index in [1.165, 1.54) is 0 Å². The molecule has 0 saturated heterocycles. The minimum absolute atomic E-state index is 0.223. The Morgan fingerprint density at radius 3 is 2.40 bits per heavy atom. The first-order chi connectivity index (χ1) is 12.0. The lowest BCUT2D eigenvalue weighted by molar-refractivity contribution is 0.180. The van der Waals surface area contributed by atoms with Gasteiger partial charge in [-0.1, -0.05) is 48.0 Å². The standard InChI is InChI=1S/C19H23NO3S2/c1-3-4-14-23-15-16-24(18-8-6-5-7-9-18)20-25(21,22)19-12-10-17(2)11-13-19/h3-13H,14-16H2,1-2H3/b4-3+. The van der Waals surface area contributed by atoms with Crippen molar-refractivity contribution in [1.82, 2.24) is 0 Å². The maximum Gasteiger partial charge on any atom is 0.288 e. The lowest BCUT2D eigenvalue weighted by Gasteiger charge is -2.09. The summed E-state index contributed by atoms with van der Waals surface area (Å²) in [6, 6.07) is 16.3. The van der Waals surface area contributed by atoms with Crippen molar-refractivity contribution in [3.8, 4) is 0 Å². The van der Waals surface area contributed by atoms with Gasteiger partial charge in [0.25, 0.3) is 10.0 Å². The second-order valence-corrected chi connectivity index (χ2v) is 9.02. The number of sulfonamides is 1. The molecule has 0 fully saturated rings. The van der Waals surface area contributed by atoms with Crippen LogP contribution in [0.25, 0.3) is 0 Å². The van der Waals surface area contributed by atoms with E-state index in [0.717, 1.165) is 10.5 Å². The van der Waals surface area contributed by atoms with E-state index >= 15 is 0 Å². The average Bonchev–Trinajstić information content (AvgIpc) is 2.61. The molecule has 0 amide bonds. The van der Waals surface area contributed by atoms with Crippen molar-refractivity contribution in [2.75, 3.05) is 19.0 Å². The molecule has 0 aliphatic heterocycles. The fraction of sp³-hybridized carbons (Fsp3) is 0.263. The van der Waals surface area contributed by atoms with E-state index in [1.54, 1.807) is 24.3 Å². The van der Waals surface area contributed by atoms with Crippen LogP contribution in [0.1, 0.15) is 12.5 Å². The zero-order valence-electron chi connectivity index (χ0n) is 14.5. The normalized spacial score (nSPS) is 13.4. The molecule has 0 aromatic heterocycles. The Morgan fingerprint density at radius 1 is 1.08 bits per heavy atom. The van der Waals surface area contributed by atoms with E-state index in [0.29, 0.717) is 19.0 Å². The first kappa shape index (κ1) is 19.6. The molecule has 2 aromatic rings. The zero-order valence-corrected chi connectivity index (χ0v) is 16.1. The van der Waals surface area contributed by atoms with Gasteiger partial charge in [-0.25, -0.2) is 0 Å². The van der Waals surface area contributed by atoms with Crippen molar-refractivity contribution in [3.63, 3.8) is 0 Å². The zero-order chi connectivity index (χ0) is 18.1. The van der Waals surface area contributed by atoms with Crippen molar-refractivity contribution in [2.24, 2.45) is 3.77 Å². The largest absolute Gasteiger partial charge is 0.376 e. The molecule has 4 nitrogen and oxygen atoms in total. The fourth-order valence-corrected chi connectivity index (χ4v) is 5.43. The van der Waals surface area contributed by atoms with Crippen LogP contribution in [0.3, 0.4) is 0 Å². The van der Waals surface area contributed by atoms with E-state index in [4.69, 9.17) is 4.74 Å². The summed E-state index contributed by atoms with van der Waals surface area (Å²) in [6.07, 6.45) is 3.84. The monoisotopic (exact) mass is 377 g/mol. The van der Waals surface area contributed by atoms with Crippen molar-refractivity contribution >= 4 is 20.7 Å². The summed E-state index contributed by atoms with van der Waals surface area (Å²) in [5.41, 5.74) is 1.01. The van der Waals surface area contributed by atoms with Gasteiger partial charge in [-0.05, 0) is 48.8 Å². The first-order valence-corrected chi connectivity index (χ1v) is 10.8. The number of benzene rings is 2. The van der Waals surface area contributed by atoms with Crippen LogP contribution in [0, 0.1) is 6.92 Å². The van der Waals surface area contributed by atoms with Crippen molar-refractivity contribution in [1.29, 1.82) is 0 Å². The lowest BCUT2D eigenvalue weighted by Crippen LogP contribution is -2.09. The molecule has 2 aromatic carbocycles. The van der Waals surface area contributed by atoms with E-state index in [1.807, 2.05) is 56.3 Å². The molecule has 1 atom stereocenters. The van der Waals surface area contributed by atoms with Gasteiger partial charge in [0.15, 0.2) is 0 Å². The maximum atomic E-state index is 12.7. The highest BCUT2D eigenvalue weighted by molar-refractivity contribution is 8.00. The van der Waals surface area contributed by atoms with Gasteiger partial charge in [-0.15, -0.1) is 3.77 Å². The molecule has 134 valence electrons. The molecule has 1 unspecified atom stereocenters. The molecule has 0 aliphatic rings. The summed E-state index contributed by atoms with van der Waals surface area (Å²) >= 11 is 0.